The molecule has 1 aromatic heterocycles. The lowest BCUT2D eigenvalue weighted by molar-refractivity contribution is -0.140. The SMILES string of the molecule is CNC(=O)C(=O)[C@H](CN1CCNC1=O)NC(=O)[C@H](CC(C)C)NC(=O)c1cc2c(OC)cccc2[nH]1. The summed E-state index contributed by atoms with van der Waals surface area (Å²) in [5.74, 6) is -2.30. The number of fused-ring (bicyclic) bond motifs is 1. The fraction of sp³-hybridized carbons (Fsp3) is 0.458. The zero-order chi connectivity index (χ0) is 26.4. The number of likely N-dealkylation sites (N-methyl/N-ethyl adjacent to an activating group) is 1. The third kappa shape index (κ3) is 6.12. The number of aromatic nitrogens is 1. The van der Waals surface area contributed by atoms with Crippen molar-refractivity contribution < 1.29 is 28.7 Å². The van der Waals surface area contributed by atoms with Crippen LogP contribution in [0.4, 0.5) is 4.79 Å². The number of ether oxygens (including phenoxy) is 1. The van der Waals surface area contributed by atoms with Crippen molar-refractivity contribution >= 4 is 40.4 Å². The van der Waals surface area contributed by atoms with Gasteiger partial charge in [0.15, 0.2) is 0 Å². The van der Waals surface area contributed by atoms with Gasteiger partial charge in [-0.05, 0) is 30.5 Å². The van der Waals surface area contributed by atoms with Crippen molar-refractivity contribution in [3.8, 4) is 5.75 Å². The molecule has 36 heavy (non-hydrogen) atoms. The Balaban J connectivity index is 1.79. The van der Waals surface area contributed by atoms with Gasteiger partial charge in [-0.15, -0.1) is 0 Å². The summed E-state index contributed by atoms with van der Waals surface area (Å²) in [5.41, 5.74) is 0.937. The number of carbonyl (C=O) groups excluding carboxylic acids is 5. The molecule has 1 aliphatic heterocycles. The molecule has 5 N–H and O–H groups in total. The number of Topliss-reactive ketones (excluding diaryl/α,β-unsaturated/α-hetero) is 1. The maximum absolute atomic E-state index is 13.2. The molecular weight excluding hydrogens is 468 g/mol. The van der Waals surface area contributed by atoms with Gasteiger partial charge >= 0.3 is 6.03 Å². The zero-order valence-electron chi connectivity index (χ0n) is 20.8. The molecule has 2 aromatic rings. The van der Waals surface area contributed by atoms with Gasteiger partial charge in [0.05, 0.1) is 13.7 Å². The molecule has 2 atom stereocenters. The van der Waals surface area contributed by atoms with Crippen LogP contribution in [0.5, 0.6) is 5.75 Å². The molecule has 0 radical (unpaired) electrons. The Labute approximate surface area is 208 Å². The Morgan fingerprint density at radius 3 is 2.50 bits per heavy atom. The summed E-state index contributed by atoms with van der Waals surface area (Å²) in [7, 11) is 2.84. The molecule has 1 saturated heterocycles. The van der Waals surface area contributed by atoms with Gasteiger partial charge in [-0.3, -0.25) is 19.2 Å². The van der Waals surface area contributed by atoms with Crippen LogP contribution in [0, 0.1) is 5.92 Å². The van der Waals surface area contributed by atoms with Gasteiger partial charge in [-0.1, -0.05) is 19.9 Å². The first-order valence-electron chi connectivity index (χ1n) is 11.7. The quantitative estimate of drug-likeness (QED) is 0.276. The monoisotopic (exact) mass is 500 g/mol. The summed E-state index contributed by atoms with van der Waals surface area (Å²) in [6, 6.07) is 4.35. The van der Waals surface area contributed by atoms with E-state index in [1.54, 1.807) is 24.3 Å². The van der Waals surface area contributed by atoms with Crippen LogP contribution in [0.3, 0.4) is 0 Å². The molecule has 2 heterocycles. The number of ketones is 1. The van der Waals surface area contributed by atoms with Crippen LogP contribution in [-0.4, -0.2) is 85.3 Å². The second-order valence-electron chi connectivity index (χ2n) is 8.94. The molecule has 0 spiro atoms. The van der Waals surface area contributed by atoms with Crippen molar-refractivity contribution in [2.24, 2.45) is 5.92 Å². The number of benzene rings is 1. The van der Waals surface area contributed by atoms with E-state index in [9.17, 15) is 24.0 Å². The van der Waals surface area contributed by atoms with Crippen molar-refractivity contribution in [3.63, 3.8) is 0 Å². The predicted octanol–water partition coefficient (Wildman–Crippen LogP) is 0.146. The number of hydrogen-bond donors (Lipinski definition) is 5. The van der Waals surface area contributed by atoms with E-state index in [2.05, 4.69) is 26.3 Å². The predicted molar refractivity (Wildman–Crippen MR) is 132 cm³/mol. The minimum atomic E-state index is -1.27. The Hall–Kier alpha value is -4.09. The Morgan fingerprint density at radius 2 is 1.89 bits per heavy atom. The van der Waals surface area contributed by atoms with Gasteiger partial charge in [-0.25, -0.2) is 4.79 Å². The summed E-state index contributed by atoms with van der Waals surface area (Å²) in [5, 5.41) is 10.9. The Bertz CT molecular complexity index is 1160. The van der Waals surface area contributed by atoms with Gasteiger partial charge in [0.1, 0.15) is 23.5 Å². The highest BCUT2D eigenvalue weighted by molar-refractivity contribution is 6.38. The summed E-state index contributed by atoms with van der Waals surface area (Å²) >= 11 is 0. The third-order valence-corrected chi connectivity index (χ3v) is 5.85. The molecule has 0 saturated carbocycles. The number of rotatable bonds is 11. The van der Waals surface area contributed by atoms with Crippen LogP contribution in [0.25, 0.3) is 10.9 Å². The van der Waals surface area contributed by atoms with Gasteiger partial charge in [0.25, 0.3) is 11.8 Å². The molecule has 194 valence electrons. The third-order valence-electron chi connectivity index (χ3n) is 5.85. The molecule has 12 heteroatoms. The lowest BCUT2D eigenvalue weighted by Gasteiger charge is -2.26. The second kappa shape index (κ2) is 11.6. The van der Waals surface area contributed by atoms with E-state index in [-0.39, 0.29) is 30.6 Å². The van der Waals surface area contributed by atoms with Gasteiger partial charge in [-0.2, -0.15) is 0 Å². The lowest BCUT2D eigenvalue weighted by atomic mass is 10.0. The van der Waals surface area contributed by atoms with E-state index in [1.165, 1.54) is 19.1 Å². The van der Waals surface area contributed by atoms with Crippen molar-refractivity contribution in [3.05, 3.63) is 30.0 Å². The average Bonchev–Trinajstić information content (AvgIpc) is 3.47. The minimum Gasteiger partial charge on any atom is -0.496 e. The number of methoxy groups -OCH3 is 1. The summed E-state index contributed by atoms with van der Waals surface area (Å²) in [6.07, 6.45) is 0.284. The molecule has 5 amide bonds. The van der Waals surface area contributed by atoms with E-state index >= 15 is 0 Å². The maximum Gasteiger partial charge on any atom is 0.317 e. The Morgan fingerprint density at radius 1 is 1.14 bits per heavy atom. The fourth-order valence-corrected chi connectivity index (χ4v) is 4.02. The van der Waals surface area contributed by atoms with Gasteiger partial charge < -0.3 is 35.9 Å². The number of urea groups is 1. The minimum absolute atomic E-state index is 0.0290. The Kier molecular flexibility index (Phi) is 8.51. The number of nitrogens with one attached hydrogen (secondary N) is 5. The van der Waals surface area contributed by atoms with E-state index in [0.717, 1.165) is 5.39 Å². The highest BCUT2D eigenvalue weighted by atomic mass is 16.5. The first-order chi connectivity index (χ1) is 17.1. The summed E-state index contributed by atoms with van der Waals surface area (Å²) < 4.78 is 5.34. The second-order valence-corrected chi connectivity index (χ2v) is 8.94. The number of hydrogen-bond acceptors (Lipinski definition) is 6. The molecule has 1 fully saturated rings. The zero-order valence-corrected chi connectivity index (χ0v) is 20.8. The number of amides is 5. The van der Waals surface area contributed by atoms with E-state index in [4.69, 9.17) is 4.74 Å². The molecule has 0 aliphatic carbocycles. The normalized spacial score (nSPS) is 14.8. The van der Waals surface area contributed by atoms with Crippen LogP contribution < -0.4 is 26.0 Å². The topological polar surface area (TPSA) is 162 Å². The molecule has 0 bridgehead atoms. The molecular formula is C24H32N6O6. The van der Waals surface area contributed by atoms with Crippen LogP contribution in [0.2, 0.25) is 0 Å². The number of H-pyrrole nitrogens is 1. The number of nitrogens with zero attached hydrogens (tertiary/aromatic N) is 1. The van der Waals surface area contributed by atoms with Crippen LogP contribution in [0.15, 0.2) is 24.3 Å². The maximum atomic E-state index is 13.2. The van der Waals surface area contributed by atoms with E-state index in [0.29, 0.717) is 24.4 Å². The van der Waals surface area contributed by atoms with Crippen LogP contribution in [0.1, 0.15) is 30.8 Å². The lowest BCUT2D eigenvalue weighted by Crippen LogP contribution is -2.57. The summed E-state index contributed by atoms with van der Waals surface area (Å²) in [6.45, 7) is 4.34. The number of aromatic amines is 1. The van der Waals surface area contributed by atoms with E-state index in [1.807, 2.05) is 13.8 Å². The van der Waals surface area contributed by atoms with Crippen molar-refractivity contribution in [2.75, 3.05) is 33.8 Å². The van der Waals surface area contributed by atoms with Crippen molar-refractivity contribution in [1.82, 2.24) is 31.2 Å². The fourth-order valence-electron chi connectivity index (χ4n) is 4.02. The standard InChI is InChI=1S/C24H32N6O6/c1-13(2)10-16(28-22(33)17-11-14-15(27-17)6-5-7-19(14)36-4)21(32)29-18(20(31)23(34)25-3)12-30-9-8-26-24(30)35/h5-7,11,13,16,18,27H,8-10,12H2,1-4H3,(H,25,34)(H,26,35)(H,28,33)(H,29,32)/t16-,18-/m0/s1. The first kappa shape index (κ1) is 26.5. The highest BCUT2D eigenvalue weighted by Gasteiger charge is 2.34. The van der Waals surface area contributed by atoms with E-state index < -0.39 is 35.6 Å². The molecule has 1 aliphatic rings. The molecule has 3 rings (SSSR count). The first-order valence-corrected chi connectivity index (χ1v) is 11.7. The highest BCUT2D eigenvalue weighted by Crippen LogP contribution is 2.26. The molecule has 0 unspecified atom stereocenters. The van der Waals surface area contributed by atoms with Gasteiger partial charge in [0.2, 0.25) is 11.7 Å². The molecule has 12 nitrogen and oxygen atoms in total. The summed E-state index contributed by atoms with van der Waals surface area (Å²) in [4.78, 5) is 67.3. The van der Waals surface area contributed by atoms with Crippen molar-refractivity contribution in [2.45, 2.75) is 32.4 Å². The molecule has 1 aromatic carbocycles. The van der Waals surface area contributed by atoms with Gasteiger partial charge in [0, 0.05) is 31.0 Å². The van der Waals surface area contributed by atoms with Crippen molar-refractivity contribution in [1.29, 1.82) is 0 Å². The van der Waals surface area contributed by atoms with Crippen LogP contribution in [-0.2, 0) is 14.4 Å². The largest absolute Gasteiger partial charge is 0.496 e. The smallest absolute Gasteiger partial charge is 0.317 e. The van der Waals surface area contributed by atoms with Crippen LogP contribution >= 0.6 is 0 Å². The number of carbonyl (C=O) groups is 5. The average molecular weight is 501 g/mol.